The molecule has 2 aromatic rings. The number of aromatic nitrogens is 2. The van der Waals surface area contributed by atoms with Crippen LogP contribution in [0.25, 0.3) is 0 Å². The third-order valence-electron chi connectivity index (χ3n) is 3.20. The molecule has 0 fully saturated rings. The molecule has 17 heavy (non-hydrogen) atoms. The van der Waals surface area contributed by atoms with E-state index in [1.807, 2.05) is 12.3 Å². The van der Waals surface area contributed by atoms with Crippen LogP contribution in [0.4, 0.5) is 5.82 Å². The monoisotopic (exact) mass is 225 g/mol. The molecule has 0 saturated carbocycles. The van der Waals surface area contributed by atoms with Crippen molar-refractivity contribution >= 4 is 5.82 Å². The van der Waals surface area contributed by atoms with Gasteiger partial charge in [-0.05, 0) is 30.5 Å². The van der Waals surface area contributed by atoms with Gasteiger partial charge >= 0.3 is 0 Å². The maximum Gasteiger partial charge on any atom is 0.138 e. The average molecular weight is 225 g/mol. The number of benzene rings is 1. The summed E-state index contributed by atoms with van der Waals surface area (Å²) in [5.41, 5.74) is 2.80. The molecule has 3 nitrogen and oxygen atoms in total. The molecule has 0 amide bonds. The maximum atomic E-state index is 4.56. The number of hydrogen-bond acceptors (Lipinski definition) is 3. The van der Waals surface area contributed by atoms with Crippen LogP contribution in [0.5, 0.6) is 0 Å². The van der Waals surface area contributed by atoms with Crippen molar-refractivity contribution in [2.24, 2.45) is 0 Å². The first-order valence-corrected chi connectivity index (χ1v) is 6.03. The molecule has 3 heteroatoms. The Labute approximate surface area is 101 Å². The highest BCUT2D eigenvalue weighted by Gasteiger charge is 2.29. The maximum absolute atomic E-state index is 4.56. The Morgan fingerprint density at radius 1 is 1.29 bits per heavy atom. The van der Waals surface area contributed by atoms with E-state index in [9.17, 15) is 0 Å². The summed E-state index contributed by atoms with van der Waals surface area (Å²) in [6, 6.07) is 10.4. The molecule has 1 aromatic heterocycles. The molecule has 1 aliphatic rings. The fourth-order valence-corrected chi connectivity index (χ4v) is 2.31. The molecule has 1 aliphatic carbocycles. The Hall–Kier alpha value is -1.90. The van der Waals surface area contributed by atoms with Crippen molar-refractivity contribution in [2.45, 2.75) is 19.3 Å². The lowest BCUT2D eigenvalue weighted by molar-refractivity contribution is 0.660. The van der Waals surface area contributed by atoms with Crippen LogP contribution in [-0.4, -0.2) is 16.5 Å². The number of fused-ring (bicyclic) bond motifs is 1. The van der Waals surface area contributed by atoms with Crippen LogP contribution in [0.3, 0.4) is 0 Å². The van der Waals surface area contributed by atoms with Crippen LogP contribution >= 0.6 is 0 Å². The van der Waals surface area contributed by atoms with Crippen molar-refractivity contribution in [3.8, 4) is 0 Å². The molecule has 1 aromatic carbocycles. The van der Waals surface area contributed by atoms with Gasteiger partial charge < -0.3 is 5.32 Å². The second-order valence-corrected chi connectivity index (χ2v) is 4.29. The molecule has 0 saturated heterocycles. The van der Waals surface area contributed by atoms with Gasteiger partial charge in [0.15, 0.2) is 0 Å². The van der Waals surface area contributed by atoms with Gasteiger partial charge in [-0.3, -0.25) is 0 Å². The topological polar surface area (TPSA) is 37.8 Å². The summed E-state index contributed by atoms with van der Waals surface area (Å²) >= 11 is 0. The van der Waals surface area contributed by atoms with E-state index < -0.39 is 0 Å². The summed E-state index contributed by atoms with van der Waals surface area (Å²) in [7, 11) is 0. The van der Waals surface area contributed by atoms with E-state index >= 15 is 0 Å². The van der Waals surface area contributed by atoms with Crippen molar-refractivity contribution < 1.29 is 0 Å². The molecule has 0 spiro atoms. The molecule has 1 heterocycles. The van der Waals surface area contributed by atoms with Crippen LogP contribution < -0.4 is 5.32 Å². The zero-order valence-electron chi connectivity index (χ0n) is 9.85. The fraction of sp³-hybridized carbons (Fsp3) is 0.286. The Balaban J connectivity index is 1.89. The lowest BCUT2D eigenvalue weighted by Gasteiger charge is -2.28. The molecule has 0 aliphatic heterocycles. The predicted molar refractivity (Wildman–Crippen MR) is 68.2 cm³/mol. The molecular formula is C14H15N3. The number of rotatable bonds is 3. The fourth-order valence-electron chi connectivity index (χ4n) is 2.31. The van der Waals surface area contributed by atoms with Gasteiger partial charge in [-0.2, -0.15) is 0 Å². The van der Waals surface area contributed by atoms with E-state index in [4.69, 9.17) is 0 Å². The molecule has 1 atom stereocenters. The first-order chi connectivity index (χ1) is 8.38. The Morgan fingerprint density at radius 3 is 3.00 bits per heavy atom. The highest BCUT2D eigenvalue weighted by molar-refractivity contribution is 5.45. The zero-order valence-corrected chi connectivity index (χ0v) is 9.85. The summed E-state index contributed by atoms with van der Waals surface area (Å²) in [5.74, 6) is 2.23. The molecule has 1 N–H and O–H groups in total. The minimum Gasteiger partial charge on any atom is -0.370 e. The van der Waals surface area contributed by atoms with Gasteiger partial charge in [0.1, 0.15) is 11.6 Å². The Morgan fingerprint density at radius 2 is 2.18 bits per heavy atom. The third-order valence-corrected chi connectivity index (χ3v) is 3.20. The quantitative estimate of drug-likeness (QED) is 0.872. The molecule has 1 unspecified atom stereocenters. The minimum atomic E-state index is 0.379. The molecule has 0 radical (unpaired) electrons. The van der Waals surface area contributed by atoms with Crippen LogP contribution in [0, 0.1) is 0 Å². The summed E-state index contributed by atoms with van der Waals surface area (Å²) in [6.07, 6.45) is 2.90. The van der Waals surface area contributed by atoms with E-state index in [1.54, 1.807) is 0 Å². The highest BCUT2D eigenvalue weighted by atomic mass is 15.0. The Kier molecular flexibility index (Phi) is 2.52. The van der Waals surface area contributed by atoms with Crippen LogP contribution in [0.15, 0.2) is 36.5 Å². The summed E-state index contributed by atoms with van der Waals surface area (Å²) < 4.78 is 0. The lowest BCUT2D eigenvalue weighted by Crippen LogP contribution is -2.20. The summed E-state index contributed by atoms with van der Waals surface area (Å²) in [5, 5.41) is 3.22. The average Bonchev–Trinajstić information content (AvgIpc) is 2.32. The molecular weight excluding hydrogens is 210 g/mol. The SMILES string of the molecule is CCNc1ccnc(C2Cc3ccccc32)n1. The van der Waals surface area contributed by atoms with E-state index in [1.165, 1.54) is 11.1 Å². The second-order valence-electron chi connectivity index (χ2n) is 4.29. The largest absolute Gasteiger partial charge is 0.370 e. The van der Waals surface area contributed by atoms with E-state index in [0.29, 0.717) is 5.92 Å². The smallest absolute Gasteiger partial charge is 0.138 e. The van der Waals surface area contributed by atoms with Crippen molar-refractivity contribution in [3.05, 3.63) is 53.5 Å². The molecule has 3 rings (SSSR count). The standard InChI is InChI=1S/C14H15N3/c1-2-15-13-7-8-16-14(17-13)12-9-10-5-3-4-6-11(10)12/h3-8,12H,2,9H2,1H3,(H,15,16,17). The zero-order chi connectivity index (χ0) is 11.7. The Bertz CT molecular complexity index is 536. The summed E-state index contributed by atoms with van der Waals surface area (Å²) in [4.78, 5) is 8.95. The van der Waals surface area contributed by atoms with Crippen LogP contribution in [0.1, 0.15) is 29.8 Å². The van der Waals surface area contributed by atoms with Gasteiger partial charge in [-0.1, -0.05) is 24.3 Å². The number of hydrogen-bond donors (Lipinski definition) is 1. The van der Waals surface area contributed by atoms with Gasteiger partial charge in [0, 0.05) is 18.7 Å². The normalized spacial score (nSPS) is 17.1. The van der Waals surface area contributed by atoms with E-state index in [0.717, 1.165) is 24.6 Å². The van der Waals surface area contributed by atoms with Gasteiger partial charge in [-0.25, -0.2) is 9.97 Å². The van der Waals surface area contributed by atoms with Gasteiger partial charge in [0.25, 0.3) is 0 Å². The first kappa shape index (κ1) is 10.3. The third kappa shape index (κ3) is 1.78. The van der Waals surface area contributed by atoms with Crippen molar-refractivity contribution in [1.29, 1.82) is 0 Å². The van der Waals surface area contributed by atoms with Crippen molar-refractivity contribution in [1.82, 2.24) is 9.97 Å². The van der Waals surface area contributed by atoms with Gasteiger partial charge in [-0.15, -0.1) is 0 Å². The van der Waals surface area contributed by atoms with Gasteiger partial charge in [0.2, 0.25) is 0 Å². The molecule has 86 valence electrons. The van der Waals surface area contributed by atoms with Gasteiger partial charge in [0.05, 0.1) is 0 Å². The minimum absolute atomic E-state index is 0.379. The van der Waals surface area contributed by atoms with Crippen LogP contribution in [-0.2, 0) is 6.42 Å². The summed E-state index contributed by atoms with van der Waals surface area (Å²) in [6.45, 7) is 2.96. The van der Waals surface area contributed by atoms with Crippen molar-refractivity contribution in [3.63, 3.8) is 0 Å². The predicted octanol–water partition coefficient (Wildman–Crippen LogP) is 2.60. The van der Waals surface area contributed by atoms with E-state index in [-0.39, 0.29) is 0 Å². The number of anilines is 1. The van der Waals surface area contributed by atoms with Crippen LogP contribution in [0.2, 0.25) is 0 Å². The molecule has 0 bridgehead atoms. The number of nitrogens with one attached hydrogen (secondary N) is 1. The first-order valence-electron chi connectivity index (χ1n) is 6.03. The van der Waals surface area contributed by atoms with Crippen molar-refractivity contribution in [2.75, 3.05) is 11.9 Å². The lowest BCUT2D eigenvalue weighted by atomic mass is 9.77. The van der Waals surface area contributed by atoms with E-state index in [2.05, 4.69) is 46.5 Å². The highest BCUT2D eigenvalue weighted by Crippen LogP contribution is 2.38. The second kappa shape index (κ2) is 4.17. The number of nitrogens with zero attached hydrogens (tertiary/aromatic N) is 2.